The molecule has 0 radical (unpaired) electrons. The summed E-state index contributed by atoms with van der Waals surface area (Å²) in [7, 11) is 0. The maximum atomic E-state index is 13.7. The topological polar surface area (TPSA) is 78.5 Å². The Labute approximate surface area is 263 Å². The van der Waals surface area contributed by atoms with Gasteiger partial charge in [0.15, 0.2) is 0 Å². The molecule has 2 atom stereocenters. The Morgan fingerprint density at radius 3 is 2.30 bits per heavy atom. The minimum absolute atomic E-state index is 0.0457. The van der Waals surface area contributed by atoms with Gasteiger partial charge in [0.25, 0.3) is 0 Å². The Hall–Kier alpha value is -3.33. The molecule has 3 aliphatic rings. The number of hydrogen-bond donors (Lipinski definition) is 0. The molecule has 0 bridgehead atoms. The normalized spacial score (nSPS) is 20.7. The van der Waals surface area contributed by atoms with Gasteiger partial charge in [-0.2, -0.15) is 0 Å². The number of pyridine rings is 1. The number of aromatic nitrogens is 1. The average molecular weight is 606 g/mol. The second-order valence-electron chi connectivity index (χ2n) is 14.4. The lowest BCUT2D eigenvalue weighted by Gasteiger charge is -2.44. The summed E-state index contributed by atoms with van der Waals surface area (Å²) in [6, 6.07) is 10.9. The van der Waals surface area contributed by atoms with Gasteiger partial charge in [0.05, 0.1) is 17.8 Å². The van der Waals surface area contributed by atoms with Crippen molar-refractivity contribution in [2.45, 2.75) is 104 Å². The van der Waals surface area contributed by atoms with E-state index >= 15 is 0 Å². The van der Waals surface area contributed by atoms with Crippen molar-refractivity contribution in [2.24, 2.45) is 0 Å². The first-order valence-electron chi connectivity index (χ1n) is 16.3. The van der Waals surface area contributed by atoms with Crippen LogP contribution in [0.3, 0.4) is 0 Å². The number of piperazine rings is 1. The number of benzene rings is 1. The number of likely N-dealkylation sites (N-methyl/N-ethyl adjacent to an activating group) is 1. The zero-order chi connectivity index (χ0) is 31.6. The molecule has 3 heterocycles. The first kappa shape index (κ1) is 32.1. The van der Waals surface area contributed by atoms with E-state index in [0.29, 0.717) is 19.6 Å². The van der Waals surface area contributed by atoms with E-state index < -0.39 is 11.2 Å². The van der Waals surface area contributed by atoms with Crippen LogP contribution in [0.15, 0.2) is 36.5 Å². The van der Waals surface area contributed by atoms with Crippen molar-refractivity contribution in [2.75, 3.05) is 44.2 Å². The van der Waals surface area contributed by atoms with E-state index in [0.717, 1.165) is 57.4 Å². The number of ether oxygens (including phenoxy) is 2. The minimum Gasteiger partial charge on any atom is -0.444 e. The van der Waals surface area contributed by atoms with Crippen LogP contribution in [0, 0.1) is 0 Å². The van der Waals surface area contributed by atoms with E-state index in [4.69, 9.17) is 14.5 Å². The van der Waals surface area contributed by atoms with E-state index in [-0.39, 0.29) is 24.3 Å². The number of carbonyl (C=O) groups excluding carboxylic acids is 2. The highest BCUT2D eigenvalue weighted by atomic mass is 16.6. The van der Waals surface area contributed by atoms with Crippen molar-refractivity contribution in [3.63, 3.8) is 0 Å². The monoisotopic (exact) mass is 605 g/mol. The second kappa shape index (κ2) is 13.0. The summed E-state index contributed by atoms with van der Waals surface area (Å²) in [5.41, 5.74) is 5.09. The van der Waals surface area contributed by atoms with Crippen molar-refractivity contribution < 1.29 is 19.1 Å². The van der Waals surface area contributed by atoms with Gasteiger partial charge in [-0.05, 0) is 103 Å². The molecule has 5 rings (SSSR count). The van der Waals surface area contributed by atoms with Crippen LogP contribution in [0.2, 0.25) is 0 Å². The second-order valence-corrected chi connectivity index (χ2v) is 14.4. The minimum atomic E-state index is -0.575. The zero-order valence-electron chi connectivity index (χ0n) is 27.8. The van der Waals surface area contributed by atoms with Gasteiger partial charge in [0, 0.05) is 51.2 Å². The predicted octanol–water partition coefficient (Wildman–Crippen LogP) is 6.20. The molecule has 0 spiro atoms. The number of rotatable bonds is 5. The van der Waals surface area contributed by atoms with Crippen LogP contribution in [-0.4, -0.2) is 88.4 Å². The number of anilines is 1. The molecular weight excluding hydrogens is 554 g/mol. The number of fused-ring (bicyclic) bond motifs is 2. The number of carbonyl (C=O) groups is 2. The summed E-state index contributed by atoms with van der Waals surface area (Å²) >= 11 is 0. The van der Waals surface area contributed by atoms with Gasteiger partial charge in [-0.25, -0.2) is 9.59 Å². The number of hydrogen-bond acceptors (Lipinski definition) is 7. The Kier molecular flexibility index (Phi) is 9.44. The van der Waals surface area contributed by atoms with Gasteiger partial charge in [0.2, 0.25) is 0 Å². The zero-order valence-corrected chi connectivity index (χ0v) is 27.8. The smallest absolute Gasteiger partial charge is 0.410 e. The molecule has 240 valence electrons. The molecule has 2 amide bonds. The summed E-state index contributed by atoms with van der Waals surface area (Å²) in [6.07, 6.45) is 5.42. The van der Waals surface area contributed by atoms with E-state index in [1.54, 1.807) is 4.90 Å². The van der Waals surface area contributed by atoms with Crippen LogP contribution in [0.4, 0.5) is 15.3 Å². The molecule has 1 aromatic carbocycles. The first-order valence-corrected chi connectivity index (χ1v) is 16.3. The molecule has 0 N–H and O–H groups in total. The van der Waals surface area contributed by atoms with Crippen LogP contribution in [0.5, 0.6) is 0 Å². The van der Waals surface area contributed by atoms with Crippen LogP contribution < -0.4 is 4.90 Å². The van der Waals surface area contributed by atoms with Crippen molar-refractivity contribution in [3.05, 3.63) is 58.9 Å². The molecular formula is C35H51N5O4. The van der Waals surface area contributed by atoms with Gasteiger partial charge < -0.3 is 19.3 Å². The third-order valence-electron chi connectivity index (χ3n) is 8.83. The highest BCUT2D eigenvalue weighted by molar-refractivity contribution is 5.71. The molecule has 0 saturated carbocycles. The fraction of sp³-hybridized carbons (Fsp3) is 0.629. The molecule has 9 nitrogen and oxygen atoms in total. The summed E-state index contributed by atoms with van der Waals surface area (Å²) in [4.78, 5) is 39.9. The Morgan fingerprint density at radius 1 is 0.932 bits per heavy atom. The van der Waals surface area contributed by atoms with Gasteiger partial charge in [0.1, 0.15) is 11.2 Å². The highest BCUT2D eigenvalue weighted by Crippen LogP contribution is 2.37. The fourth-order valence-electron chi connectivity index (χ4n) is 6.80. The highest BCUT2D eigenvalue weighted by Gasteiger charge is 2.38. The van der Waals surface area contributed by atoms with E-state index in [9.17, 15) is 9.59 Å². The van der Waals surface area contributed by atoms with Gasteiger partial charge in [-0.1, -0.05) is 25.1 Å². The first-order chi connectivity index (χ1) is 20.8. The standard InChI is InChI=1S/C35H51N5O4/c1-8-37(30-16-9-12-25-14-11-17-36-31(25)30)24-27-22-28-26(23-40(27)33(42)44-35(5,6)7)13-10-15-29(28)38-18-20-39(21-19-38)32(41)43-34(2,3)4/h10-11,13-15,17,27,30H,8-9,12,16,18-24H2,1-7H3. The van der Waals surface area contributed by atoms with Crippen molar-refractivity contribution in [1.82, 2.24) is 19.7 Å². The average Bonchev–Trinajstić information content (AvgIpc) is 2.97. The predicted molar refractivity (Wildman–Crippen MR) is 173 cm³/mol. The molecule has 1 fully saturated rings. The summed E-state index contributed by atoms with van der Waals surface area (Å²) in [6.45, 7) is 18.5. The lowest BCUT2D eigenvalue weighted by molar-refractivity contribution is 0.00503. The van der Waals surface area contributed by atoms with Crippen LogP contribution >= 0.6 is 0 Å². The molecule has 1 saturated heterocycles. The fourth-order valence-corrected chi connectivity index (χ4v) is 6.80. The molecule has 44 heavy (non-hydrogen) atoms. The largest absolute Gasteiger partial charge is 0.444 e. The Balaban J connectivity index is 1.39. The molecule has 1 aliphatic carbocycles. The van der Waals surface area contributed by atoms with Crippen LogP contribution in [-0.2, 0) is 28.9 Å². The molecule has 9 heteroatoms. The van der Waals surface area contributed by atoms with E-state index in [1.165, 1.54) is 22.5 Å². The third kappa shape index (κ3) is 7.48. The van der Waals surface area contributed by atoms with Crippen molar-refractivity contribution >= 4 is 17.9 Å². The molecule has 2 aromatic rings. The Bertz CT molecular complexity index is 1330. The third-order valence-corrected chi connectivity index (χ3v) is 8.83. The van der Waals surface area contributed by atoms with Crippen LogP contribution in [0.1, 0.15) is 89.7 Å². The van der Waals surface area contributed by atoms with Gasteiger partial charge >= 0.3 is 12.2 Å². The SMILES string of the molecule is CCN(CC1Cc2c(cccc2N2CCN(C(=O)OC(C)(C)C)CC2)CN1C(=O)OC(C)(C)C)C1CCCc2cccnc21. The quantitative estimate of drug-likeness (QED) is 0.402. The summed E-state index contributed by atoms with van der Waals surface area (Å²) in [5.74, 6) is 0. The van der Waals surface area contributed by atoms with E-state index in [1.807, 2.05) is 58.7 Å². The van der Waals surface area contributed by atoms with Gasteiger partial charge in [-0.3, -0.25) is 14.8 Å². The number of amides is 2. The number of nitrogens with zero attached hydrogens (tertiary/aromatic N) is 5. The summed E-state index contributed by atoms with van der Waals surface area (Å²) in [5, 5.41) is 0. The lowest BCUT2D eigenvalue weighted by atomic mass is 9.88. The molecule has 2 aliphatic heterocycles. The van der Waals surface area contributed by atoms with Crippen molar-refractivity contribution in [3.8, 4) is 0 Å². The maximum absolute atomic E-state index is 13.7. The summed E-state index contributed by atoms with van der Waals surface area (Å²) < 4.78 is 11.6. The maximum Gasteiger partial charge on any atom is 0.410 e. The van der Waals surface area contributed by atoms with Crippen LogP contribution in [0.25, 0.3) is 0 Å². The lowest BCUT2D eigenvalue weighted by Crippen LogP contribution is -2.53. The molecule has 1 aromatic heterocycles. The number of aryl methyl sites for hydroxylation is 1. The van der Waals surface area contributed by atoms with Crippen molar-refractivity contribution in [1.29, 1.82) is 0 Å². The molecule has 2 unspecified atom stereocenters. The Morgan fingerprint density at radius 2 is 1.61 bits per heavy atom. The van der Waals surface area contributed by atoms with Gasteiger partial charge in [-0.15, -0.1) is 0 Å². The van der Waals surface area contributed by atoms with E-state index in [2.05, 4.69) is 41.0 Å².